The van der Waals surface area contributed by atoms with E-state index in [1.54, 1.807) is 30.3 Å². The predicted octanol–water partition coefficient (Wildman–Crippen LogP) is 2.83. The summed E-state index contributed by atoms with van der Waals surface area (Å²) in [5, 5.41) is 12.4. The lowest BCUT2D eigenvalue weighted by Gasteiger charge is -2.11. The third-order valence-electron chi connectivity index (χ3n) is 2.81. The van der Waals surface area contributed by atoms with Gasteiger partial charge in [-0.05, 0) is 23.3 Å². The second-order valence-corrected chi connectivity index (χ2v) is 4.69. The highest BCUT2D eigenvalue weighted by molar-refractivity contribution is 6.30. The fraction of sp³-hybridized carbons (Fsp3) is 0.133. The first-order valence-corrected chi connectivity index (χ1v) is 6.40. The molecule has 0 bridgehead atoms. The van der Waals surface area contributed by atoms with Crippen molar-refractivity contribution >= 4 is 17.5 Å². The van der Waals surface area contributed by atoms with Crippen molar-refractivity contribution in [3.63, 3.8) is 0 Å². The summed E-state index contributed by atoms with van der Waals surface area (Å²) in [6.07, 6.45) is -1.23. The van der Waals surface area contributed by atoms with E-state index in [1.807, 2.05) is 0 Å². The number of aliphatic hydroxyl groups excluding tert-OH is 1. The van der Waals surface area contributed by atoms with Gasteiger partial charge in [0.15, 0.2) is 6.10 Å². The molecule has 3 nitrogen and oxygen atoms in total. The SMILES string of the molecule is O=C(NCc1ccc(F)c(Cl)c1)C(O)c1ccccc1. The van der Waals surface area contributed by atoms with Crippen LogP contribution in [0.15, 0.2) is 48.5 Å². The first kappa shape index (κ1) is 14.5. The normalized spacial score (nSPS) is 11.9. The van der Waals surface area contributed by atoms with Crippen molar-refractivity contribution in [3.05, 3.63) is 70.5 Å². The molecule has 0 saturated carbocycles. The maximum absolute atomic E-state index is 13.0. The average molecular weight is 294 g/mol. The van der Waals surface area contributed by atoms with E-state index in [2.05, 4.69) is 5.32 Å². The van der Waals surface area contributed by atoms with Crippen LogP contribution in [0, 0.1) is 5.82 Å². The minimum atomic E-state index is -1.23. The number of nitrogens with one attached hydrogen (secondary N) is 1. The van der Waals surface area contributed by atoms with Crippen molar-refractivity contribution < 1.29 is 14.3 Å². The second-order valence-electron chi connectivity index (χ2n) is 4.28. The summed E-state index contributed by atoms with van der Waals surface area (Å²) in [5.74, 6) is -1.03. The Morgan fingerprint density at radius 1 is 1.25 bits per heavy atom. The van der Waals surface area contributed by atoms with Gasteiger partial charge in [0, 0.05) is 6.54 Å². The molecular weight excluding hydrogens is 281 g/mol. The average Bonchev–Trinajstić information content (AvgIpc) is 2.48. The molecule has 0 aliphatic rings. The van der Waals surface area contributed by atoms with Crippen molar-refractivity contribution in [1.29, 1.82) is 0 Å². The van der Waals surface area contributed by atoms with E-state index in [-0.39, 0.29) is 11.6 Å². The van der Waals surface area contributed by atoms with E-state index in [4.69, 9.17) is 11.6 Å². The molecule has 0 aliphatic carbocycles. The van der Waals surface area contributed by atoms with Crippen molar-refractivity contribution in [2.45, 2.75) is 12.6 Å². The summed E-state index contributed by atoms with van der Waals surface area (Å²) in [7, 11) is 0. The first-order chi connectivity index (χ1) is 9.58. The van der Waals surface area contributed by atoms with Gasteiger partial charge >= 0.3 is 0 Å². The van der Waals surface area contributed by atoms with E-state index in [1.165, 1.54) is 18.2 Å². The maximum atomic E-state index is 13.0. The summed E-state index contributed by atoms with van der Waals surface area (Å²) in [5.41, 5.74) is 1.17. The predicted molar refractivity (Wildman–Crippen MR) is 74.7 cm³/mol. The minimum Gasteiger partial charge on any atom is -0.378 e. The summed E-state index contributed by atoms with van der Waals surface area (Å²) in [6.45, 7) is 0.169. The van der Waals surface area contributed by atoms with E-state index in [0.717, 1.165) is 0 Å². The van der Waals surface area contributed by atoms with Crippen LogP contribution in [0.4, 0.5) is 4.39 Å². The van der Waals surface area contributed by atoms with Crippen LogP contribution in [0.25, 0.3) is 0 Å². The molecule has 20 heavy (non-hydrogen) atoms. The third-order valence-corrected chi connectivity index (χ3v) is 3.10. The van der Waals surface area contributed by atoms with Crippen LogP contribution in [0.1, 0.15) is 17.2 Å². The number of amides is 1. The molecule has 0 aromatic heterocycles. The van der Waals surface area contributed by atoms with E-state index in [0.29, 0.717) is 11.1 Å². The Balaban J connectivity index is 1.96. The van der Waals surface area contributed by atoms with Crippen LogP contribution in [0.2, 0.25) is 5.02 Å². The van der Waals surface area contributed by atoms with Crippen molar-refractivity contribution in [3.8, 4) is 0 Å². The van der Waals surface area contributed by atoms with Crippen molar-refractivity contribution in [1.82, 2.24) is 5.32 Å². The van der Waals surface area contributed by atoms with Crippen molar-refractivity contribution in [2.24, 2.45) is 0 Å². The molecule has 1 amide bonds. The molecule has 2 aromatic rings. The van der Waals surface area contributed by atoms with Gasteiger partial charge in [-0.2, -0.15) is 0 Å². The molecule has 0 saturated heterocycles. The fourth-order valence-electron chi connectivity index (χ4n) is 1.72. The lowest BCUT2D eigenvalue weighted by atomic mass is 10.1. The number of carbonyl (C=O) groups excluding carboxylic acids is 1. The molecule has 0 radical (unpaired) electrons. The highest BCUT2D eigenvalue weighted by Gasteiger charge is 2.16. The molecule has 1 unspecified atom stereocenters. The highest BCUT2D eigenvalue weighted by atomic mass is 35.5. The number of hydrogen-bond donors (Lipinski definition) is 2. The zero-order valence-electron chi connectivity index (χ0n) is 10.5. The van der Waals surface area contributed by atoms with Gasteiger partial charge in [-0.25, -0.2) is 4.39 Å². The van der Waals surface area contributed by atoms with Crippen LogP contribution in [0.3, 0.4) is 0 Å². The molecule has 0 heterocycles. The van der Waals surface area contributed by atoms with Gasteiger partial charge in [0.25, 0.3) is 5.91 Å². The summed E-state index contributed by atoms with van der Waals surface area (Å²) in [4.78, 5) is 11.8. The zero-order chi connectivity index (χ0) is 14.5. The number of aliphatic hydroxyl groups is 1. The molecule has 0 fully saturated rings. The van der Waals surface area contributed by atoms with Gasteiger partial charge in [0.1, 0.15) is 5.82 Å². The van der Waals surface area contributed by atoms with Crippen molar-refractivity contribution in [2.75, 3.05) is 0 Å². The van der Waals surface area contributed by atoms with Crippen LogP contribution in [-0.2, 0) is 11.3 Å². The van der Waals surface area contributed by atoms with Gasteiger partial charge < -0.3 is 10.4 Å². The van der Waals surface area contributed by atoms with Crippen LogP contribution in [-0.4, -0.2) is 11.0 Å². The first-order valence-electron chi connectivity index (χ1n) is 6.02. The third kappa shape index (κ3) is 3.56. The Kier molecular flexibility index (Phi) is 4.71. The molecule has 2 N–H and O–H groups in total. The number of rotatable bonds is 4. The molecule has 5 heteroatoms. The maximum Gasteiger partial charge on any atom is 0.253 e. The van der Waals surface area contributed by atoms with Gasteiger partial charge in [-0.15, -0.1) is 0 Å². The van der Waals surface area contributed by atoms with E-state index >= 15 is 0 Å². The summed E-state index contributed by atoms with van der Waals surface area (Å²) >= 11 is 5.65. The van der Waals surface area contributed by atoms with Crippen LogP contribution < -0.4 is 5.32 Å². The Morgan fingerprint density at radius 2 is 1.95 bits per heavy atom. The van der Waals surface area contributed by atoms with Gasteiger partial charge in [0.05, 0.1) is 5.02 Å². The molecule has 0 aliphatic heterocycles. The Bertz CT molecular complexity index is 604. The van der Waals surface area contributed by atoms with Gasteiger partial charge in [-0.3, -0.25) is 4.79 Å². The van der Waals surface area contributed by atoms with Gasteiger partial charge in [0.2, 0.25) is 0 Å². The molecule has 104 valence electrons. The van der Waals surface area contributed by atoms with E-state index < -0.39 is 17.8 Å². The summed E-state index contributed by atoms with van der Waals surface area (Å²) < 4.78 is 13.0. The second kappa shape index (κ2) is 6.50. The Morgan fingerprint density at radius 3 is 2.60 bits per heavy atom. The standard InChI is InChI=1S/C15H13ClFNO2/c16-12-8-10(6-7-13(12)17)9-18-15(20)14(19)11-4-2-1-3-5-11/h1-8,14,19H,9H2,(H,18,20). The summed E-state index contributed by atoms with van der Waals surface area (Å²) in [6, 6.07) is 12.8. The Hall–Kier alpha value is -1.91. The van der Waals surface area contributed by atoms with E-state index in [9.17, 15) is 14.3 Å². The van der Waals surface area contributed by atoms with Crippen LogP contribution in [0.5, 0.6) is 0 Å². The number of hydrogen-bond acceptors (Lipinski definition) is 2. The number of halogens is 2. The molecule has 0 spiro atoms. The fourth-order valence-corrected chi connectivity index (χ4v) is 1.93. The quantitative estimate of drug-likeness (QED) is 0.911. The zero-order valence-corrected chi connectivity index (χ0v) is 11.3. The highest BCUT2D eigenvalue weighted by Crippen LogP contribution is 2.16. The topological polar surface area (TPSA) is 49.3 Å². The Labute approximate surface area is 121 Å². The minimum absolute atomic E-state index is 0.000330. The molecule has 1 atom stereocenters. The largest absolute Gasteiger partial charge is 0.378 e. The monoisotopic (exact) mass is 293 g/mol. The lowest BCUT2D eigenvalue weighted by Crippen LogP contribution is -2.28. The lowest BCUT2D eigenvalue weighted by molar-refractivity contribution is -0.129. The van der Waals surface area contributed by atoms with Crippen LogP contribution >= 0.6 is 11.6 Å². The molecule has 2 rings (SSSR count). The van der Waals surface area contributed by atoms with Gasteiger partial charge in [-0.1, -0.05) is 48.0 Å². The smallest absolute Gasteiger partial charge is 0.253 e. The molecular formula is C15H13ClFNO2. The number of carbonyl (C=O) groups is 1. The molecule has 2 aromatic carbocycles. The number of benzene rings is 2.